The lowest BCUT2D eigenvalue weighted by molar-refractivity contribution is -0.138. The first kappa shape index (κ1) is 12.2. The highest BCUT2D eigenvalue weighted by Crippen LogP contribution is 2.38. The maximum atomic E-state index is 10.8. The number of benzene rings is 1. The number of aromatic hydroxyl groups is 1. The number of phenols is 1. The molecule has 0 radical (unpaired) electrons. The molecule has 5 heteroatoms. The van der Waals surface area contributed by atoms with E-state index in [2.05, 4.69) is 0 Å². The molecule has 0 saturated carbocycles. The first-order valence-electron chi connectivity index (χ1n) is 4.69. The van der Waals surface area contributed by atoms with E-state index in [0.29, 0.717) is 5.56 Å². The van der Waals surface area contributed by atoms with Crippen molar-refractivity contribution in [1.82, 2.24) is 0 Å². The number of carboxylic acids is 1. The molecular formula is C11H14O5. The topological polar surface area (TPSA) is 76.0 Å². The van der Waals surface area contributed by atoms with Crippen LogP contribution in [0.2, 0.25) is 0 Å². The van der Waals surface area contributed by atoms with Crippen molar-refractivity contribution in [3.05, 3.63) is 17.7 Å². The number of ether oxygens (including phenoxy) is 2. The molecule has 0 fully saturated rings. The highest BCUT2D eigenvalue weighted by atomic mass is 16.5. The molecule has 16 heavy (non-hydrogen) atoms. The average molecular weight is 226 g/mol. The fraction of sp³-hybridized carbons (Fsp3) is 0.364. The molecule has 2 N–H and O–H groups in total. The Morgan fingerprint density at radius 1 is 1.25 bits per heavy atom. The van der Waals surface area contributed by atoms with Gasteiger partial charge in [-0.05, 0) is 24.6 Å². The van der Waals surface area contributed by atoms with Crippen LogP contribution in [0.15, 0.2) is 12.1 Å². The van der Waals surface area contributed by atoms with Gasteiger partial charge in [-0.2, -0.15) is 0 Å². The molecule has 0 aliphatic heterocycles. The SMILES string of the molecule is COc1cc(C(C)C(=O)O)cc(OC)c1O. The summed E-state index contributed by atoms with van der Waals surface area (Å²) in [5.74, 6) is -1.38. The number of hydrogen-bond acceptors (Lipinski definition) is 4. The van der Waals surface area contributed by atoms with Crippen molar-refractivity contribution in [1.29, 1.82) is 0 Å². The van der Waals surface area contributed by atoms with Gasteiger partial charge < -0.3 is 19.7 Å². The monoisotopic (exact) mass is 226 g/mol. The van der Waals surface area contributed by atoms with Crippen molar-refractivity contribution < 1.29 is 24.5 Å². The summed E-state index contributed by atoms with van der Waals surface area (Å²) in [5.41, 5.74) is 0.513. The van der Waals surface area contributed by atoms with Crippen LogP contribution < -0.4 is 9.47 Å². The Morgan fingerprint density at radius 2 is 1.69 bits per heavy atom. The minimum atomic E-state index is -0.949. The molecule has 1 atom stereocenters. The second-order valence-electron chi connectivity index (χ2n) is 3.33. The minimum Gasteiger partial charge on any atom is -0.502 e. The van der Waals surface area contributed by atoms with Crippen LogP contribution in [0, 0.1) is 0 Å². The Morgan fingerprint density at radius 3 is 2.00 bits per heavy atom. The summed E-state index contributed by atoms with van der Waals surface area (Å²) in [4.78, 5) is 10.8. The number of carboxylic acid groups (broad SMARTS) is 1. The molecule has 0 aromatic heterocycles. The summed E-state index contributed by atoms with van der Waals surface area (Å²) in [6.45, 7) is 1.55. The molecule has 0 aliphatic rings. The van der Waals surface area contributed by atoms with E-state index in [4.69, 9.17) is 14.6 Å². The lowest BCUT2D eigenvalue weighted by Gasteiger charge is -2.13. The largest absolute Gasteiger partial charge is 0.502 e. The Kier molecular flexibility index (Phi) is 3.60. The molecule has 1 unspecified atom stereocenters. The second kappa shape index (κ2) is 4.74. The van der Waals surface area contributed by atoms with Crippen LogP contribution in [-0.4, -0.2) is 30.4 Å². The van der Waals surface area contributed by atoms with Gasteiger partial charge in [-0.1, -0.05) is 0 Å². The van der Waals surface area contributed by atoms with Gasteiger partial charge in [0, 0.05) is 0 Å². The maximum absolute atomic E-state index is 10.8. The first-order valence-corrected chi connectivity index (χ1v) is 4.69. The summed E-state index contributed by atoms with van der Waals surface area (Å²) < 4.78 is 9.87. The Balaban J connectivity index is 3.26. The van der Waals surface area contributed by atoms with Crippen molar-refractivity contribution in [2.45, 2.75) is 12.8 Å². The summed E-state index contributed by atoms with van der Waals surface area (Å²) in [6.07, 6.45) is 0. The lowest BCUT2D eigenvalue weighted by Crippen LogP contribution is -2.07. The smallest absolute Gasteiger partial charge is 0.310 e. The molecule has 88 valence electrons. The van der Waals surface area contributed by atoms with E-state index in [9.17, 15) is 9.90 Å². The van der Waals surface area contributed by atoms with E-state index < -0.39 is 11.9 Å². The van der Waals surface area contributed by atoms with Crippen LogP contribution in [0.5, 0.6) is 17.2 Å². The first-order chi connectivity index (χ1) is 7.51. The van der Waals surface area contributed by atoms with Crippen LogP contribution in [0.4, 0.5) is 0 Å². The fourth-order valence-electron chi connectivity index (χ4n) is 1.31. The zero-order chi connectivity index (χ0) is 12.3. The third-order valence-electron chi connectivity index (χ3n) is 2.37. The predicted octanol–water partition coefficient (Wildman–Crippen LogP) is 1.60. The maximum Gasteiger partial charge on any atom is 0.310 e. The predicted molar refractivity (Wildman–Crippen MR) is 57.3 cm³/mol. The molecule has 5 nitrogen and oxygen atoms in total. The number of hydrogen-bond donors (Lipinski definition) is 2. The molecule has 0 amide bonds. The Bertz CT molecular complexity index is 374. The normalized spacial score (nSPS) is 11.9. The molecule has 0 bridgehead atoms. The van der Waals surface area contributed by atoms with Gasteiger partial charge in [0.15, 0.2) is 11.5 Å². The van der Waals surface area contributed by atoms with Crippen molar-refractivity contribution in [2.75, 3.05) is 14.2 Å². The zero-order valence-corrected chi connectivity index (χ0v) is 9.35. The van der Waals surface area contributed by atoms with Crippen LogP contribution in [-0.2, 0) is 4.79 Å². The number of phenolic OH excluding ortho intramolecular Hbond substituents is 1. The van der Waals surface area contributed by atoms with Crippen LogP contribution in [0.1, 0.15) is 18.4 Å². The van der Waals surface area contributed by atoms with E-state index >= 15 is 0 Å². The molecule has 1 rings (SSSR count). The molecular weight excluding hydrogens is 212 g/mol. The summed E-state index contributed by atoms with van der Waals surface area (Å²) in [7, 11) is 2.79. The second-order valence-corrected chi connectivity index (χ2v) is 3.33. The van der Waals surface area contributed by atoms with Gasteiger partial charge >= 0.3 is 5.97 Å². The van der Waals surface area contributed by atoms with Crippen LogP contribution >= 0.6 is 0 Å². The van der Waals surface area contributed by atoms with E-state index in [1.54, 1.807) is 6.92 Å². The molecule has 0 spiro atoms. The molecule has 0 heterocycles. The number of aliphatic carboxylic acids is 1. The minimum absolute atomic E-state index is 0.133. The fourth-order valence-corrected chi connectivity index (χ4v) is 1.31. The summed E-state index contributed by atoms with van der Waals surface area (Å²) in [5, 5.41) is 18.5. The van der Waals surface area contributed by atoms with Crippen molar-refractivity contribution in [3.8, 4) is 17.2 Å². The number of rotatable bonds is 4. The Hall–Kier alpha value is -1.91. The van der Waals surface area contributed by atoms with Crippen LogP contribution in [0.25, 0.3) is 0 Å². The van der Waals surface area contributed by atoms with Gasteiger partial charge in [0.2, 0.25) is 5.75 Å². The van der Waals surface area contributed by atoms with Gasteiger partial charge in [-0.25, -0.2) is 0 Å². The van der Waals surface area contributed by atoms with Gasteiger partial charge in [-0.15, -0.1) is 0 Å². The van der Waals surface area contributed by atoms with E-state index in [1.807, 2.05) is 0 Å². The van der Waals surface area contributed by atoms with Gasteiger partial charge in [0.25, 0.3) is 0 Å². The molecule has 0 aliphatic carbocycles. The summed E-state index contributed by atoms with van der Waals surface area (Å²) >= 11 is 0. The highest BCUT2D eigenvalue weighted by Gasteiger charge is 2.19. The molecule has 1 aromatic rings. The average Bonchev–Trinajstić information content (AvgIpc) is 2.28. The van der Waals surface area contributed by atoms with Gasteiger partial charge in [-0.3, -0.25) is 4.79 Å². The lowest BCUT2D eigenvalue weighted by atomic mass is 10.0. The highest BCUT2D eigenvalue weighted by molar-refractivity contribution is 5.76. The van der Waals surface area contributed by atoms with Crippen molar-refractivity contribution in [2.24, 2.45) is 0 Å². The number of methoxy groups -OCH3 is 2. The van der Waals surface area contributed by atoms with E-state index in [1.165, 1.54) is 26.4 Å². The Labute approximate surface area is 93.2 Å². The number of carbonyl (C=O) groups is 1. The quantitative estimate of drug-likeness (QED) is 0.815. The van der Waals surface area contributed by atoms with Gasteiger partial charge in [0.05, 0.1) is 20.1 Å². The third kappa shape index (κ3) is 2.18. The van der Waals surface area contributed by atoms with Crippen molar-refractivity contribution in [3.63, 3.8) is 0 Å². The standard InChI is InChI=1S/C11H14O5/c1-6(11(13)14)7-4-8(15-2)10(12)9(5-7)16-3/h4-6,12H,1-3H3,(H,13,14). The van der Waals surface area contributed by atoms with E-state index in [0.717, 1.165) is 0 Å². The molecule has 0 saturated heterocycles. The van der Waals surface area contributed by atoms with Crippen molar-refractivity contribution >= 4 is 5.97 Å². The van der Waals surface area contributed by atoms with Gasteiger partial charge in [0.1, 0.15) is 0 Å². The third-order valence-corrected chi connectivity index (χ3v) is 2.37. The molecule has 1 aromatic carbocycles. The van der Waals surface area contributed by atoms with E-state index in [-0.39, 0.29) is 17.2 Å². The summed E-state index contributed by atoms with van der Waals surface area (Å²) in [6, 6.07) is 2.97. The zero-order valence-electron chi connectivity index (χ0n) is 9.35. The van der Waals surface area contributed by atoms with Crippen LogP contribution in [0.3, 0.4) is 0 Å².